The number of amides is 1. The first-order valence-electron chi connectivity index (χ1n) is 7.71. The maximum Gasteiger partial charge on any atom is 0.280 e. The molecule has 122 valence electrons. The largest absolute Gasteiger partial charge is 0.289 e. The molecule has 0 bridgehead atoms. The molecule has 0 unspecified atom stereocenters. The van der Waals surface area contributed by atoms with Crippen molar-refractivity contribution in [3.63, 3.8) is 0 Å². The molecule has 0 saturated heterocycles. The monoisotopic (exact) mass is 316 g/mol. The van der Waals surface area contributed by atoms with Gasteiger partial charge in [-0.3, -0.25) is 20.1 Å². The minimum Gasteiger partial charge on any atom is -0.289 e. The molecule has 2 aromatic rings. The molecule has 2 aromatic carbocycles. The van der Waals surface area contributed by atoms with Gasteiger partial charge in [0.2, 0.25) is 5.91 Å². The van der Waals surface area contributed by atoms with Crippen molar-refractivity contribution in [2.45, 2.75) is 38.5 Å². The fourth-order valence-corrected chi connectivity index (χ4v) is 2.73. The lowest BCUT2D eigenvalue weighted by Crippen LogP contribution is -2.17. The molecule has 23 heavy (non-hydrogen) atoms. The van der Waals surface area contributed by atoms with Gasteiger partial charge in [-0.25, -0.2) is 5.48 Å². The first-order chi connectivity index (χ1) is 11.1. The van der Waals surface area contributed by atoms with Crippen LogP contribution >= 0.6 is 0 Å². The third-order valence-electron chi connectivity index (χ3n) is 3.89. The quantitative estimate of drug-likeness (QED) is 0.336. The second-order valence-corrected chi connectivity index (χ2v) is 5.50. The number of unbranched alkanes of at least 4 members (excludes halogenated alkanes) is 3. The maximum atomic E-state index is 11.4. The summed E-state index contributed by atoms with van der Waals surface area (Å²) in [6.45, 7) is 0. The maximum absolute atomic E-state index is 11.4. The van der Waals surface area contributed by atoms with Crippen LogP contribution in [0.3, 0.4) is 0 Å². The highest BCUT2D eigenvalue weighted by Gasteiger charge is 2.17. The summed E-state index contributed by atoms with van der Waals surface area (Å²) >= 11 is 0. The number of nitrogens with zero attached hydrogens (tertiary/aromatic N) is 1. The Bertz CT molecular complexity index is 700. The molecule has 1 amide bonds. The Kier molecular flexibility index (Phi) is 6.05. The molecule has 0 atom stereocenters. The number of carbonyl (C=O) groups excluding carboxylic acids is 1. The SMILES string of the molecule is O=C(CCCCCCc1ccc2ccccc2c1[N+](=O)[O-])NO. The van der Waals surface area contributed by atoms with E-state index in [1.54, 1.807) is 11.5 Å². The lowest BCUT2D eigenvalue weighted by molar-refractivity contribution is -0.383. The van der Waals surface area contributed by atoms with Gasteiger partial charge in [-0.15, -0.1) is 0 Å². The van der Waals surface area contributed by atoms with Crippen LogP contribution < -0.4 is 5.48 Å². The van der Waals surface area contributed by atoms with E-state index < -0.39 is 0 Å². The number of fused-ring (bicyclic) bond motifs is 1. The van der Waals surface area contributed by atoms with Crippen LogP contribution in [0.5, 0.6) is 0 Å². The molecule has 0 fully saturated rings. The van der Waals surface area contributed by atoms with Crippen molar-refractivity contribution in [3.05, 3.63) is 52.1 Å². The summed E-state index contributed by atoms with van der Waals surface area (Å²) in [7, 11) is 0. The molecule has 0 aliphatic heterocycles. The number of rotatable bonds is 8. The number of nitro benzene ring substituents is 1. The van der Waals surface area contributed by atoms with Crippen LogP contribution in [0.25, 0.3) is 10.8 Å². The standard InChI is InChI=1S/C17H20N2O4/c20-16(18-21)10-4-2-1-3-8-14-12-11-13-7-5-6-9-15(13)17(14)19(22)23/h5-7,9,11-12,21H,1-4,8,10H2,(H,18,20). The van der Waals surface area contributed by atoms with Crippen LogP contribution in [0.1, 0.15) is 37.7 Å². The highest BCUT2D eigenvalue weighted by molar-refractivity contribution is 5.92. The average Bonchev–Trinajstić information content (AvgIpc) is 2.56. The molecule has 0 heterocycles. The normalized spacial score (nSPS) is 10.7. The van der Waals surface area contributed by atoms with Crippen molar-refractivity contribution in [2.24, 2.45) is 0 Å². The van der Waals surface area contributed by atoms with Crippen molar-refractivity contribution in [2.75, 3.05) is 0 Å². The van der Waals surface area contributed by atoms with Crippen molar-refractivity contribution < 1.29 is 14.9 Å². The number of hydrogen-bond donors (Lipinski definition) is 2. The van der Waals surface area contributed by atoms with Crippen molar-refractivity contribution in [3.8, 4) is 0 Å². The number of benzene rings is 2. The van der Waals surface area contributed by atoms with E-state index in [9.17, 15) is 14.9 Å². The summed E-state index contributed by atoms with van der Waals surface area (Å²) in [5.74, 6) is -0.379. The fraction of sp³-hybridized carbons (Fsp3) is 0.353. The second-order valence-electron chi connectivity index (χ2n) is 5.50. The highest BCUT2D eigenvalue weighted by atomic mass is 16.6. The lowest BCUT2D eigenvalue weighted by atomic mass is 9.99. The van der Waals surface area contributed by atoms with Gasteiger partial charge in [0.05, 0.1) is 10.3 Å². The van der Waals surface area contributed by atoms with Crippen molar-refractivity contribution >= 4 is 22.4 Å². The first-order valence-corrected chi connectivity index (χ1v) is 7.71. The second kappa shape index (κ2) is 8.24. The van der Waals surface area contributed by atoms with Crippen LogP contribution in [0.4, 0.5) is 5.69 Å². The summed E-state index contributed by atoms with van der Waals surface area (Å²) in [5, 5.41) is 21.4. The Hall–Kier alpha value is -2.47. The Morgan fingerprint density at radius 3 is 2.57 bits per heavy atom. The Labute approximate surface area is 134 Å². The van der Waals surface area contributed by atoms with E-state index in [1.807, 2.05) is 30.3 Å². The molecule has 0 radical (unpaired) electrons. The van der Waals surface area contributed by atoms with Crippen LogP contribution in [0.2, 0.25) is 0 Å². The number of carbonyl (C=O) groups is 1. The van der Waals surface area contributed by atoms with E-state index in [2.05, 4.69) is 0 Å². The number of hydrogen-bond acceptors (Lipinski definition) is 4. The molecular formula is C17H20N2O4. The molecule has 6 heteroatoms. The molecule has 6 nitrogen and oxygen atoms in total. The van der Waals surface area contributed by atoms with E-state index >= 15 is 0 Å². The average molecular weight is 316 g/mol. The van der Waals surface area contributed by atoms with Gasteiger partial charge in [-0.05, 0) is 30.7 Å². The van der Waals surface area contributed by atoms with E-state index in [-0.39, 0.29) is 16.5 Å². The molecule has 2 N–H and O–H groups in total. The molecule has 2 rings (SSSR count). The van der Waals surface area contributed by atoms with Crippen LogP contribution in [0, 0.1) is 10.1 Å². The zero-order valence-electron chi connectivity index (χ0n) is 12.8. The first kappa shape index (κ1) is 16.9. The van der Waals surface area contributed by atoms with Crippen LogP contribution in [-0.2, 0) is 11.2 Å². The summed E-state index contributed by atoms with van der Waals surface area (Å²) in [6.07, 6.45) is 4.23. The summed E-state index contributed by atoms with van der Waals surface area (Å²) in [5.41, 5.74) is 2.55. The van der Waals surface area contributed by atoms with E-state index in [1.165, 1.54) is 0 Å². The van der Waals surface area contributed by atoms with Gasteiger partial charge in [-0.2, -0.15) is 0 Å². The topological polar surface area (TPSA) is 92.5 Å². The van der Waals surface area contributed by atoms with Gasteiger partial charge in [-0.1, -0.05) is 43.2 Å². The Morgan fingerprint density at radius 1 is 1.09 bits per heavy atom. The summed E-state index contributed by atoms with van der Waals surface area (Å²) in [6, 6.07) is 11.1. The zero-order chi connectivity index (χ0) is 16.7. The van der Waals surface area contributed by atoms with Gasteiger partial charge in [0.1, 0.15) is 0 Å². The van der Waals surface area contributed by atoms with Crippen LogP contribution in [-0.4, -0.2) is 16.0 Å². The van der Waals surface area contributed by atoms with Gasteiger partial charge < -0.3 is 0 Å². The number of aryl methyl sites for hydroxylation is 1. The van der Waals surface area contributed by atoms with Gasteiger partial charge >= 0.3 is 0 Å². The van der Waals surface area contributed by atoms with E-state index in [4.69, 9.17) is 5.21 Å². The van der Waals surface area contributed by atoms with Gasteiger partial charge in [0.25, 0.3) is 5.69 Å². The van der Waals surface area contributed by atoms with E-state index in [0.29, 0.717) is 24.6 Å². The van der Waals surface area contributed by atoms with Crippen LogP contribution in [0.15, 0.2) is 36.4 Å². The zero-order valence-corrected chi connectivity index (χ0v) is 12.8. The minimum absolute atomic E-state index is 0.197. The molecule has 0 saturated carbocycles. The molecule has 0 spiro atoms. The predicted octanol–water partition coefficient (Wildman–Crippen LogP) is 3.75. The van der Waals surface area contributed by atoms with Gasteiger partial charge in [0, 0.05) is 12.0 Å². The molecule has 0 aliphatic rings. The third-order valence-corrected chi connectivity index (χ3v) is 3.89. The number of nitrogens with one attached hydrogen (secondary N) is 1. The lowest BCUT2D eigenvalue weighted by Gasteiger charge is -2.06. The molecular weight excluding hydrogens is 296 g/mol. The summed E-state index contributed by atoms with van der Waals surface area (Å²) < 4.78 is 0. The highest BCUT2D eigenvalue weighted by Crippen LogP contribution is 2.30. The smallest absolute Gasteiger partial charge is 0.280 e. The Balaban J connectivity index is 1.96. The number of nitro groups is 1. The summed E-state index contributed by atoms with van der Waals surface area (Å²) in [4.78, 5) is 22.0. The molecule has 0 aromatic heterocycles. The molecule has 0 aliphatic carbocycles. The minimum atomic E-state index is -0.379. The Morgan fingerprint density at radius 2 is 1.83 bits per heavy atom. The van der Waals surface area contributed by atoms with Crippen molar-refractivity contribution in [1.82, 2.24) is 5.48 Å². The third kappa shape index (κ3) is 4.50. The fourth-order valence-electron chi connectivity index (χ4n) is 2.73. The van der Waals surface area contributed by atoms with E-state index in [0.717, 1.165) is 30.2 Å². The van der Waals surface area contributed by atoms with Crippen molar-refractivity contribution in [1.29, 1.82) is 0 Å². The number of hydroxylamine groups is 1. The van der Waals surface area contributed by atoms with Gasteiger partial charge in [0.15, 0.2) is 0 Å². The predicted molar refractivity (Wildman–Crippen MR) is 87.3 cm³/mol.